The van der Waals surface area contributed by atoms with Crippen LogP contribution in [0.15, 0.2) is 30.5 Å². The van der Waals surface area contributed by atoms with Gasteiger partial charge in [-0.2, -0.15) is 0 Å². The number of halogens is 1. The van der Waals surface area contributed by atoms with E-state index in [1.807, 2.05) is 30.5 Å². The van der Waals surface area contributed by atoms with Gasteiger partial charge >= 0.3 is 0 Å². The molecule has 0 atom stereocenters. The summed E-state index contributed by atoms with van der Waals surface area (Å²) in [6.07, 6.45) is 5.90. The number of pyridine rings is 1. The van der Waals surface area contributed by atoms with Crippen molar-refractivity contribution in [3.05, 3.63) is 35.5 Å². The van der Waals surface area contributed by atoms with E-state index >= 15 is 0 Å². The third kappa shape index (κ3) is 3.22. The van der Waals surface area contributed by atoms with Crippen molar-refractivity contribution in [1.29, 1.82) is 0 Å². The number of nitrogens with zero attached hydrogens (tertiary/aromatic N) is 2. The zero-order chi connectivity index (χ0) is 13.8. The molecule has 3 nitrogen and oxygen atoms in total. The summed E-state index contributed by atoms with van der Waals surface area (Å²) in [4.78, 5) is 6.96. The Hall–Kier alpha value is -1.32. The Kier molecular flexibility index (Phi) is 4.38. The fourth-order valence-electron chi connectivity index (χ4n) is 2.80. The molecule has 2 aromatic rings. The van der Waals surface area contributed by atoms with Gasteiger partial charge in [0.2, 0.25) is 0 Å². The van der Waals surface area contributed by atoms with E-state index in [0.717, 1.165) is 29.3 Å². The van der Waals surface area contributed by atoms with Gasteiger partial charge in [-0.25, -0.2) is 4.98 Å². The summed E-state index contributed by atoms with van der Waals surface area (Å²) in [6.45, 7) is 4.48. The number of likely N-dealkylation sites (tertiary alicyclic amines) is 1. The smallest absolute Gasteiger partial charge is 0.133 e. The topological polar surface area (TPSA) is 28.2 Å². The third-order valence-corrected chi connectivity index (χ3v) is 4.13. The van der Waals surface area contributed by atoms with Gasteiger partial charge in [-0.1, -0.05) is 24.1 Å². The highest BCUT2D eigenvalue weighted by Gasteiger charge is 2.09. The van der Waals surface area contributed by atoms with E-state index in [9.17, 15) is 0 Å². The second-order valence-electron chi connectivity index (χ2n) is 5.35. The lowest BCUT2D eigenvalue weighted by Gasteiger charge is -2.26. The van der Waals surface area contributed by atoms with Crippen molar-refractivity contribution in [3.8, 4) is 0 Å². The molecule has 0 saturated carbocycles. The molecule has 4 heteroatoms. The summed E-state index contributed by atoms with van der Waals surface area (Å²) >= 11 is 6.08. The van der Waals surface area contributed by atoms with E-state index in [4.69, 9.17) is 11.6 Å². The molecule has 1 aromatic carbocycles. The first-order valence-electron chi connectivity index (χ1n) is 7.33. The second-order valence-corrected chi connectivity index (χ2v) is 5.79. The predicted octanol–water partition coefficient (Wildman–Crippen LogP) is 3.79. The average Bonchev–Trinajstić information content (AvgIpc) is 2.49. The Bertz CT molecular complexity index is 579. The zero-order valence-electron chi connectivity index (χ0n) is 11.6. The van der Waals surface area contributed by atoms with E-state index in [0.29, 0.717) is 0 Å². The molecule has 1 fully saturated rings. The van der Waals surface area contributed by atoms with Crippen LogP contribution in [0.4, 0.5) is 5.82 Å². The summed E-state index contributed by atoms with van der Waals surface area (Å²) in [5.41, 5.74) is 0. The van der Waals surface area contributed by atoms with E-state index in [2.05, 4.69) is 15.2 Å². The minimum Gasteiger partial charge on any atom is -0.368 e. The fourth-order valence-corrected chi connectivity index (χ4v) is 2.97. The molecule has 3 rings (SSSR count). The van der Waals surface area contributed by atoms with Gasteiger partial charge in [0.25, 0.3) is 0 Å². The molecule has 1 aliphatic heterocycles. The van der Waals surface area contributed by atoms with Gasteiger partial charge in [0, 0.05) is 29.7 Å². The number of rotatable bonds is 4. The molecule has 106 valence electrons. The Morgan fingerprint density at radius 2 is 2.00 bits per heavy atom. The highest BCUT2D eigenvalue weighted by Crippen LogP contribution is 2.24. The van der Waals surface area contributed by atoms with E-state index in [1.165, 1.54) is 37.7 Å². The van der Waals surface area contributed by atoms with Gasteiger partial charge in [-0.05, 0) is 49.5 Å². The average molecular weight is 290 g/mol. The van der Waals surface area contributed by atoms with Crippen molar-refractivity contribution < 1.29 is 0 Å². The number of benzene rings is 1. The molecule has 1 aromatic heterocycles. The highest BCUT2D eigenvalue weighted by molar-refractivity contribution is 6.31. The standard InChI is InChI=1S/C16H20ClN3/c17-14-5-4-13-6-7-18-16(15(13)12-14)19-8-11-20-9-2-1-3-10-20/h4-7,12H,1-3,8-11H2,(H,18,19). The zero-order valence-corrected chi connectivity index (χ0v) is 12.4. The Balaban J connectivity index is 1.66. The first-order valence-corrected chi connectivity index (χ1v) is 7.71. The van der Waals surface area contributed by atoms with Crippen LogP contribution in [0.2, 0.25) is 5.02 Å². The molecule has 0 bridgehead atoms. The summed E-state index contributed by atoms with van der Waals surface area (Å²) < 4.78 is 0. The molecule has 1 saturated heterocycles. The molecular weight excluding hydrogens is 270 g/mol. The van der Waals surface area contributed by atoms with Crippen LogP contribution in [-0.4, -0.2) is 36.1 Å². The van der Waals surface area contributed by atoms with Crippen molar-refractivity contribution >= 4 is 28.2 Å². The quantitative estimate of drug-likeness (QED) is 0.928. The summed E-state index contributed by atoms with van der Waals surface area (Å²) in [5, 5.41) is 6.47. The predicted molar refractivity (Wildman–Crippen MR) is 85.5 cm³/mol. The van der Waals surface area contributed by atoms with Gasteiger partial charge in [-0.15, -0.1) is 0 Å². The molecule has 0 amide bonds. The first-order chi connectivity index (χ1) is 9.83. The molecule has 1 N–H and O–H groups in total. The van der Waals surface area contributed by atoms with Gasteiger partial charge < -0.3 is 10.2 Å². The lowest BCUT2D eigenvalue weighted by atomic mass is 10.1. The van der Waals surface area contributed by atoms with Crippen molar-refractivity contribution in [1.82, 2.24) is 9.88 Å². The Morgan fingerprint density at radius 1 is 1.15 bits per heavy atom. The lowest BCUT2D eigenvalue weighted by molar-refractivity contribution is 0.237. The monoisotopic (exact) mass is 289 g/mol. The van der Waals surface area contributed by atoms with Crippen LogP contribution in [0, 0.1) is 0 Å². The number of hydrogen-bond donors (Lipinski definition) is 1. The van der Waals surface area contributed by atoms with Crippen LogP contribution in [0.3, 0.4) is 0 Å². The Labute approximate surface area is 124 Å². The number of anilines is 1. The summed E-state index contributed by atoms with van der Waals surface area (Å²) in [7, 11) is 0. The van der Waals surface area contributed by atoms with Gasteiger partial charge in [0.15, 0.2) is 0 Å². The van der Waals surface area contributed by atoms with Crippen LogP contribution in [0.1, 0.15) is 19.3 Å². The van der Waals surface area contributed by atoms with Crippen LogP contribution in [-0.2, 0) is 0 Å². The molecule has 0 radical (unpaired) electrons. The SMILES string of the molecule is Clc1ccc2ccnc(NCCN3CCCCC3)c2c1. The second kappa shape index (κ2) is 6.42. The maximum atomic E-state index is 6.08. The molecule has 20 heavy (non-hydrogen) atoms. The van der Waals surface area contributed by atoms with Crippen molar-refractivity contribution in [3.63, 3.8) is 0 Å². The van der Waals surface area contributed by atoms with Crippen LogP contribution in [0.25, 0.3) is 10.8 Å². The molecule has 0 aliphatic carbocycles. The molecule has 2 heterocycles. The number of piperidine rings is 1. The maximum Gasteiger partial charge on any atom is 0.133 e. The van der Waals surface area contributed by atoms with Crippen molar-refractivity contribution in [2.45, 2.75) is 19.3 Å². The number of aromatic nitrogens is 1. The van der Waals surface area contributed by atoms with E-state index < -0.39 is 0 Å². The Morgan fingerprint density at radius 3 is 2.85 bits per heavy atom. The molecule has 1 aliphatic rings. The summed E-state index contributed by atoms with van der Waals surface area (Å²) in [5.74, 6) is 0.932. The maximum absolute atomic E-state index is 6.08. The third-order valence-electron chi connectivity index (χ3n) is 3.90. The fraction of sp³-hybridized carbons (Fsp3) is 0.438. The normalized spacial score (nSPS) is 16.4. The van der Waals surface area contributed by atoms with Crippen LogP contribution in [0.5, 0.6) is 0 Å². The van der Waals surface area contributed by atoms with Crippen molar-refractivity contribution in [2.75, 3.05) is 31.5 Å². The lowest BCUT2D eigenvalue weighted by Crippen LogP contribution is -2.33. The van der Waals surface area contributed by atoms with Crippen LogP contribution < -0.4 is 5.32 Å². The minimum absolute atomic E-state index is 0.754. The highest BCUT2D eigenvalue weighted by atomic mass is 35.5. The summed E-state index contributed by atoms with van der Waals surface area (Å²) in [6, 6.07) is 7.95. The first kappa shape index (κ1) is 13.7. The largest absolute Gasteiger partial charge is 0.368 e. The van der Waals surface area contributed by atoms with E-state index in [-0.39, 0.29) is 0 Å². The number of fused-ring (bicyclic) bond motifs is 1. The number of nitrogens with one attached hydrogen (secondary N) is 1. The molecular formula is C16H20ClN3. The van der Waals surface area contributed by atoms with Crippen molar-refractivity contribution in [2.24, 2.45) is 0 Å². The molecule has 0 unspecified atom stereocenters. The van der Waals surface area contributed by atoms with E-state index in [1.54, 1.807) is 0 Å². The van der Waals surface area contributed by atoms with Crippen LogP contribution >= 0.6 is 11.6 Å². The number of hydrogen-bond acceptors (Lipinski definition) is 3. The molecule has 0 spiro atoms. The van der Waals surface area contributed by atoms with Gasteiger partial charge in [0.05, 0.1) is 0 Å². The van der Waals surface area contributed by atoms with Gasteiger partial charge in [-0.3, -0.25) is 0 Å². The minimum atomic E-state index is 0.754. The van der Waals surface area contributed by atoms with Gasteiger partial charge in [0.1, 0.15) is 5.82 Å².